The van der Waals surface area contributed by atoms with E-state index in [4.69, 9.17) is 14.2 Å². The van der Waals surface area contributed by atoms with Gasteiger partial charge in [-0.25, -0.2) is 18.0 Å². The second-order valence-electron chi connectivity index (χ2n) is 7.90. The summed E-state index contributed by atoms with van der Waals surface area (Å²) in [6.45, 7) is 6.08. The highest BCUT2D eigenvalue weighted by Crippen LogP contribution is 2.33. The Bertz CT molecular complexity index is 1410. The van der Waals surface area contributed by atoms with Crippen molar-refractivity contribution < 1.29 is 32.2 Å². The van der Waals surface area contributed by atoms with Crippen molar-refractivity contribution in [2.24, 2.45) is 0 Å². The number of ether oxygens (including phenoxy) is 3. The average Bonchev–Trinajstić information content (AvgIpc) is 2.90. The van der Waals surface area contributed by atoms with Crippen LogP contribution in [0.25, 0.3) is 22.3 Å². The van der Waals surface area contributed by atoms with Gasteiger partial charge < -0.3 is 14.2 Å². The Morgan fingerprint density at radius 2 is 1.30 bits per heavy atom. The quantitative estimate of drug-likeness (QED) is 0.134. The van der Waals surface area contributed by atoms with E-state index in [0.29, 0.717) is 23.5 Å². The normalized spacial score (nSPS) is 10.6. The van der Waals surface area contributed by atoms with E-state index in [9.17, 15) is 18.0 Å². The minimum atomic E-state index is -1.00. The highest BCUT2D eigenvalue weighted by atomic mass is 19.2. The molecule has 7 heteroatoms. The van der Waals surface area contributed by atoms with Crippen molar-refractivity contribution >= 4 is 5.97 Å². The maximum Gasteiger partial charge on any atom is 0.346 e. The predicted octanol–water partition coefficient (Wildman–Crippen LogP) is 7.62. The highest BCUT2D eigenvalue weighted by molar-refractivity contribution is 5.91. The van der Waals surface area contributed by atoms with Crippen LogP contribution in [0, 0.1) is 17.5 Å². The van der Waals surface area contributed by atoms with Crippen molar-refractivity contribution in [3.05, 3.63) is 115 Å². The Hall–Kier alpha value is -4.52. The van der Waals surface area contributed by atoms with Gasteiger partial charge in [-0.2, -0.15) is 0 Å². The fourth-order valence-corrected chi connectivity index (χ4v) is 3.66. The topological polar surface area (TPSA) is 44.8 Å². The molecule has 0 atom stereocenters. The molecule has 0 aliphatic carbocycles. The van der Waals surface area contributed by atoms with E-state index >= 15 is 0 Å². The number of halogens is 3. The van der Waals surface area contributed by atoms with Crippen molar-refractivity contribution in [2.45, 2.75) is 6.92 Å². The molecular formula is C30H23F3O4. The van der Waals surface area contributed by atoms with Gasteiger partial charge in [-0.1, -0.05) is 49.1 Å². The van der Waals surface area contributed by atoms with Crippen LogP contribution in [-0.2, 0) is 0 Å². The summed E-state index contributed by atoms with van der Waals surface area (Å²) in [5.41, 5.74) is 0.794. The van der Waals surface area contributed by atoms with E-state index in [-0.39, 0.29) is 34.8 Å². The number of esters is 1. The number of benzene rings is 4. The standard InChI is InChI=1S/C30H23F3O4/c1-3-17-36-23-13-14-26(27(31)18-23)30(34)37-22-11-7-20(8-12-22)25-16-15-24(28(32)29(25)33)19-5-9-21(10-6-19)35-4-2/h3,5-16,18H,1,4,17H2,2H3. The fourth-order valence-electron chi connectivity index (χ4n) is 3.66. The molecule has 4 nitrogen and oxygen atoms in total. The molecule has 0 bridgehead atoms. The number of rotatable bonds is 9. The molecule has 0 aliphatic rings. The van der Waals surface area contributed by atoms with Crippen LogP contribution >= 0.6 is 0 Å². The number of carbonyl (C=O) groups is 1. The van der Waals surface area contributed by atoms with E-state index < -0.39 is 23.4 Å². The van der Waals surface area contributed by atoms with Crippen molar-refractivity contribution in [1.82, 2.24) is 0 Å². The van der Waals surface area contributed by atoms with Crippen LogP contribution in [0.1, 0.15) is 17.3 Å². The minimum Gasteiger partial charge on any atom is -0.494 e. The zero-order valence-corrected chi connectivity index (χ0v) is 20.0. The molecule has 0 amide bonds. The first kappa shape index (κ1) is 25.6. The third kappa shape index (κ3) is 5.83. The van der Waals surface area contributed by atoms with Crippen LogP contribution in [0.15, 0.2) is 91.5 Å². The third-order valence-corrected chi connectivity index (χ3v) is 5.46. The molecule has 0 fully saturated rings. The van der Waals surface area contributed by atoms with Gasteiger partial charge in [0.15, 0.2) is 11.6 Å². The fraction of sp³-hybridized carbons (Fsp3) is 0.100. The first-order chi connectivity index (χ1) is 17.9. The van der Waals surface area contributed by atoms with Gasteiger partial charge in [0, 0.05) is 17.2 Å². The summed E-state index contributed by atoms with van der Waals surface area (Å²) in [5.74, 6) is -2.68. The van der Waals surface area contributed by atoms with Crippen LogP contribution < -0.4 is 14.2 Å². The van der Waals surface area contributed by atoms with Crippen molar-refractivity contribution in [3.8, 4) is 39.5 Å². The molecule has 4 aromatic rings. The van der Waals surface area contributed by atoms with Gasteiger partial charge in [0.1, 0.15) is 29.7 Å². The molecule has 0 saturated carbocycles. The lowest BCUT2D eigenvalue weighted by molar-refractivity contribution is 0.0730. The summed E-state index contributed by atoms with van der Waals surface area (Å²) in [4.78, 5) is 12.4. The molecule has 0 spiro atoms. The van der Waals surface area contributed by atoms with Crippen LogP contribution in [0.3, 0.4) is 0 Å². The molecule has 0 N–H and O–H groups in total. The van der Waals surface area contributed by atoms with E-state index in [1.807, 2.05) is 6.92 Å². The lowest BCUT2D eigenvalue weighted by Crippen LogP contribution is -2.11. The molecule has 37 heavy (non-hydrogen) atoms. The zero-order chi connectivity index (χ0) is 26.4. The van der Waals surface area contributed by atoms with Crippen molar-refractivity contribution in [2.75, 3.05) is 13.2 Å². The second-order valence-corrected chi connectivity index (χ2v) is 7.90. The first-order valence-corrected chi connectivity index (χ1v) is 11.5. The predicted molar refractivity (Wildman–Crippen MR) is 135 cm³/mol. The molecule has 0 heterocycles. The zero-order valence-electron chi connectivity index (χ0n) is 20.0. The summed E-state index contributed by atoms with van der Waals surface area (Å²) in [7, 11) is 0. The highest BCUT2D eigenvalue weighted by Gasteiger charge is 2.18. The largest absolute Gasteiger partial charge is 0.494 e. The van der Waals surface area contributed by atoms with Crippen LogP contribution in [0.5, 0.6) is 17.2 Å². The van der Waals surface area contributed by atoms with Gasteiger partial charge in [-0.15, -0.1) is 0 Å². The SMILES string of the molecule is C=CCOc1ccc(C(=O)Oc2ccc(-c3ccc(-c4ccc(OCC)cc4)c(F)c3F)cc2)c(F)c1. The lowest BCUT2D eigenvalue weighted by atomic mass is 9.98. The first-order valence-electron chi connectivity index (χ1n) is 11.5. The Labute approximate surface area is 212 Å². The monoisotopic (exact) mass is 504 g/mol. The maximum absolute atomic E-state index is 15.0. The van der Waals surface area contributed by atoms with E-state index in [0.717, 1.165) is 6.07 Å². The third-order valence-electron chi connectivity index (χ3n) is 5.46. The Morgan fingerprint density at radius 1 is 0.757 bits per heavy atom. The van der Waals surface area contributed by atoms with Gasteiger partial charge in [-0.05, 0) is 54.4 Å². The van der Waals surface area contributed by atoms with Gasteiger partial charge in [-0.3, -0.25) is 0 Å². The number of hydrogen-bond acceptors (Lipinski definition) is 4. The molecule has 4 rings (SSSR count). The second kappa shape index (κ2) is 11.5. The Morgan fingerprint density at radius 3 is 1.81 bits per heavy atom. The van der Waals surface area contributed by atoms with Gasteiger partial charge in [0.2, 0.25) is 0 Å². The van der Waals surface area contributed by atoms with E-state index in [2.05, 4.69) is 6.58 Å². The van der Waals surface area contributed by atoms with E-state index in [1.165, 1.54) is 54.6 Å². The minimum absolute atomic E-state index is 0.0474. The van der Waals surface area contributed by atoms with Crippen molar-refractivity contribution in [3.63, 3.8) is 0 Å². The van der Waals surface area contributed by atoms with E-state index in [1.54, 1.807) is 24.3 Å². The van der Waals surface area contributed by atoms with Gasteiger partial charge >= 0.3 is 5.97 Å². The summed E-state index contributed by atoms with van der Waals surface area (Å²) >= 11 is 0. The van der Waals surface area contributed by atoms with Gasteiger partial charge in [0.05, 0.1) is 12.2 Å². The summed E-state index contributed by atoms with van der Waals surface area (Å²) in [6, 6.07) is 19.3. The number of hydrogen-bond donors (Lipinski definition) is 0. The molecule has 0 saturated heterocycles. The van der Waals surface area contributed by atoms with Crippen molar-refractivity contribution in [1.29, 1.82) is 0 Å². The Kier molecular flexibility index (Phi) is 7.93. The summed E-state index contributed by atoms with van der Waals surface area (Å²) in [5, 5.41) is 0. The molecule has 188 valence electrons. The molecule has 4 aromatic carbocycles. The molecule has 0 aromatic heterocycles. The summed E-state index contributed by atoms with van der Waals surface area (Å²) < 4.78 is 60.1. The molecule has 0 radical (unpaired) electrons. The average molecular weight is 505 g/mol. The van der Waals surface area contributed by atoms with Gasteiger partial charge in [0.25, 0.3) is 0 Å². The van der Waals surface area contributed by atoms with Crippen LogP contribution in [0.2, 0.25) is 0 Å². The molecule has 0 unspecified atom stereocenters. The number of carbonyl (C=O) groups excluding carboxylic acids is 1. The van der Waals surface area contributed by atoms with Crippen LogP contribution in [0.4, 0.5) is 13.2 Å². The molecule has 0 aliphatic heterocycles. The Balaban J connectivity index is 1.49. The lowest BCUT2D eigenvalue weighted by Gasteiger charge is -2.11. The molecular weight excluding hydrogens is 481 g/mol. The summed E-state index contributed by atoms with van der Waals surface area (Å²) in [6.07, 6.45) is 1.51. The smallest absolute Gasteiger partial charge is 0.346 e. The maximum atomic E-state index is 15.0. The van der Waals surface area contributed by atoms with Crippen LogP contribution in [-0.4, -0.2) is 19.2 Å².